The molecule has 0 radical (unpaired) electrons. The van der Waals surface area contributed by atoms with Crippen molar-refractivity contribution in [2.24, 2.45) is 0 Å². The van der Waals surface area contributed by atoms with Gasteiger partial charge in [0.25, 0.3) is 0 Å². The number of carbonyl (C=O) groups is 1. The van der Waals surface area contributed by atoms with Crippen LogP contribution in [0.2, 0.25) is 0 Å². The van der Waals surface area contributed by atoms with Crippen LogP contribution in [0.3, 0.4) is 0 Å². The molecule has 1 N–H and O–H groups in total. The molecule has 4 heteroatoms. The lowest BCUT2D eigenvalue weighted by atomic mass is 9.88. The van der Waals surface area contributed by atoms with E-state index in [2.05, 4.69) is 9.80 Å². The molecule has 1 atom stereocenters. The first-order chi connectivity index (χ1) is 6.97. The third-order valence-corrected chi connectivity index (χ3v) is 3.32. The van der Waals surface area contributed by atoms with Crippen molar-refractivity contribution >= 4 is 5.97 Å². The lowest BCUT2D eigenvalue weighted by molar-refractivity contribution is -0.153. The summed E-state index contributed by atoms with van der Waals surface area (Å²) in [5, 5.41) is 9.28. The van der Waals surface area contributed by atoms with Gasteiger partial charge in [0, 0.05) is 13.1 Å². The van der Waals surface area contributed by atoms with Gasteiger partial charge in [-0.05, 0) is 46.8 Å². The van der Waals surface area contributed by atoms with Crippen molar-refractivity contribution in [2.75, 3.05) is 33.7 Å². The Balaban J connectivity index is 2.61. The highest BCUT2D eigenvalue weighted by Gasteiger charge is 2.40. The maximum Gasteiger partial charge on any atom is 0.323 e. The topological polar surface area (TPSA) is 43.8 Å². The molecule has 0 bridgehead atoms. The number of carboxylic acids is 1. The minimum atomic E-state index is -0.680. The summed E-state index contributed by atoms with van der Waals surface area (Å²) in [5.41, 5.74) is -0.645. The van der Waals surface area contributed by atoms with E-state index in [1.807, 2.05) is 21.0 Å². The predicted molar refractivity (Wildman–Crippen MR) is 60.0 cm³/mol. The molecule has 0 saturated carbocycles. The van der Waals surface area contributed by atoms with Crippen LogP contribution in [0.4, 0.5) is 0 Å². The summed E-state index contributed by atoms with van der Waals surface area (Å²) in [4.78, 5) is 15.5. The molecule has 0 aromatic carbocycles. The van der Waals surface area contributed by atoms with Crippen LogP contribution in [0.25, 0.3) is 0 Å². The van der Waals surface area contributed by atoms with Crippen molar-refractivity contribution in [3.8, 4) is 0 Å². The molecule has 88 valence electrons. The first-order valence-corrected chi connectivity index (χ1v) is 5.60. The number of likely N-dealkylation sites (N-methyl/N-ethyl adjacent to an activating group) is 1. The van der Waals surface area contributed by atoms with E-state index in [1.165, 1.54) is 0 Å². The molecule has 1 aliphatic rings. The Bertz CT molecular complexity index is 231. The van der Waals surface area contributed by atoms with Gasteiger partial charge >= 0.3 is 5.97 Å². The fourth-order valence-electron chi connectivity index (χ4n) is 2.10. The van der Waals surface area contributed by atoms with Gasteiger partial charge in [-0.15, -0.1) is 0 Å². The van der Waals surface area contributed by atoms with E-state index in [4.69, 9.17) is 0 Å². The van der Waals surface area contributed by atoms with Crippen molar-refractivity contribution in [3.63, 3.8) is 0 Å². The first-order valence-electron chi connectivity index (χ1n) is 5.60. The molecule has 0 aromatic heterocycles. The third kappa shape index (κ3) is 2.92. The van der Waals surface area contributed by atoms with Gasteiger partial charge in [-0.2, -0.15) is 0 Å². The largest absolute Gasteiger partial charge is 0.480 e. The molecule has 1 saturated heterocycles. The third-order valence-electron chi connectivity index (χ3n) is 3.32. The number of hydrogen-bond donors (Lipinski definition) is 1. The summed E-state index contributed by atoms with van der Waals surface area (Å²) in [7, 11) is 4.03. The zero-order chi connectivity index (χ0) is 11.5. The normalized spacial score (nSPS) is 28.3. The Morgan fingerprint density at radius 1 is 1.47 bits per heavy atom. The van der Waals surface area contributed by atoms with Gasteiger partial charge < -0.3 is 10.0 Å². The number of hydrogen-bond acceptors (Lipinski definition) is 3. The van der Waals surface area contributed by atoms with E-state index < -0.39 is 11.5 Å². The molecule has 1 rings (SSSR count). The zero-order valence-electron chi connectivity index (χ0n) is 9.99. The smallest absolute Gasteiger partial charge is 0.323 e. The lowest BCUT2D eigenvalue weighted by Gasteiger charge is -2.42. The number of carboxylic acid groups (broad SMARTS) is 1. The highest BCUT2D eigenvalue weighted by Crippen LogP contribution is 2.27. The molecule has 15 heavy (non-hydrogen) atoms. The summed E-state index contributed by atoms with van der Waals surface area (Å²) < 4.78 is 0. The predicted octanol–water partition coefficient (Wildman–Crippen LogP) is 0.877. The monoisotopic (exact) mass is 214 g/mol. The highest BCUT2D eigenvalue weighted by atomic mass is 16.4. The maximum absolute atomic E-state index is 11.3. The van der Waals surface area contributed by atoms with Gasteiger partial charge in [-0.3, -0.25) is 9.69 Å². The van der Waals surface area contributed by atoms with Crippen LogP contribution >= 0.6 is 0 Å². The Kier molecular flexibility index (Phi) is 4.11. The summed E-state index contributed by atoms with van der Waals surface area (Å²) in [5.74, 6) is -0.680. The molecule has 1 unspecified atom stereocenters. The molecule has 0 spiro atoms. The van der Waals surface area contributed by atoms with Gasteiger partial charge in [-0.25, -0.2) is 0 Å². The van der Waals surface area contributed by atoms with Crippen LogP contribution in [0, 0.1) is 0 Å². The van der Waals surface area contributed by atoms with Gasteiger partial charge in [-0.1, -0.05) is 0 Å². The number of rotatable bonds is 4. The molecule has 4 nitrogen and oxygen atoms in total. The van der Waals surface area contributed by atoms with Crippen LogP contribution in [0.1, 0.15) is 26.2 Å². The maximum atomic E-state index is 11.3. The summed E-state index contributed by atoms with van der Waals surface area (Å²) in [6.07, 6.45) is 2.92. The number of likely N-dealkylation sites (tertiary alicyclic amines) is 1. The molecular formula is C11H22N2O2. The van der Waals surface area contributed by atoms with Crippen molar-refractivity contribution in [2.45, 2.75) is 31.7 Å². The van der Waals surface area contributed by atoms with Crippen LogP contribution < -0.4 is 0 Å². The Labute approximate surface area is 91.9 Å². The average molecular weight is 214 g/mol. The van der Waals surface area contributed by atoms with Gasteiger partial charge in [0.1, 0.15) is 5.54 Å². The van der Waals surface area contributed by atoms with E-state index in [9.17, 15) is 9.90 Å². The minimum Gasteiger partial charge on any atom is -0.480 e. The Hall–Kier alpha value is -0.610. The number of nitrogens with zero attached hydrogens (tertiary/aromatic N) is 2. The average Bonchev–Trinajstić information content (AvgIpc) is 2.16. The fraction of sp³-hybridized carbons (Fsp3) is 0.909. The second-order valence-corrected chi connectivity index (χ2v) is 4.83. The van der Waals surface area contributed by atoms with E-state index in [0.29, 0.717) is 0 Å². The molecule has 1 fully saturated rings. The molecule has 1 heterocycles. The van der Waals surface area contributed by atoms with Crippen LogP contribution in [0.5, 0.6) is 0 Å². The molecule has 1 aliphatic heterocycles. The molecular weight excluding hydrogens is 192 g/mol. The van der Waals surface area contributed by atoms with Crippen molar-refractivity contribution in [1.29, 1.82) is 0 Å². The van der Waals surface area contributed by atoms with E-state index in [0.717, 1.165) is 38.9 Å². The summed E-state index contributed by atoms with van der Waals surface area (Å²) in [6.45, 7) is 4.53. The second kappa shape index (κ2) is 4.94. The standard InChI is InChI=1S/C11H22N2O2/c1-11(10(14)15)6-4-5-7-13(11)9-8-12(2)3/h4-9H2,1-3H3,(H,14,15). The lowest BCUT2D eigenvalue weighted by Crippen LogP contribution is -2.56. The van der Waals surface area contributed by atoms with Crippen molar-refractivity contribution in [1.82, 2.24) is 9.80 Å². The Morgan fingerprint density at radius 2 is 2.13 bits per heavy atom. The van der Waals surface area contributed by atoms with Gasteiger partial charge in [0.05, 0.1) is 0 Å². The highest BCUT2D eigenvalue weighted by molar-refractivity contribution is 5.78. The number of piperidine rings is 1. The van der Waals surface area contributed by atoms with Crippen molar-refractivity contribution < 1.29 is 9.90 Å². The molecule has 0 aromatic rings. The van der Waals surface area contributed by atoms with Crippen LogP contribution in [0.15, 0.2) is 0 Å². The zero-order valence-corrected chi connectivity index (χ0v) is 9.99. The minimum absolute atomic E-state index is 0.645. The Morgan fingerprint density at radius 3 is 2.67 bits per heavy atom. The SMILES string of the molecule is CN(C)CCN1CCCCC1(C)C(=O)O. The van der Waals surface area contributed by atoms with E-state index in [-0.39, 0.29) is 0 Å². The van der Waals surface area contributed by atoms with E-state index in [1.54, 1.807) is 0 Å². The van der Waals surface area contributed by atoms with Crippen LogP contribution in [-0.2, 0) is 4.79 Å². The van der Waals surface area contributed by atoms with Crippen LogP contribution in [-0.4, -0.2) is 60.1 Å². The van der Waals surface area contributed by atoms with Crippen molar-refractivity contribution in [3.05, 3.63) is 0 Å². The fourth-order valence-corrected chi connectivity index (χ4v) is 2.10. The second-order valence-electron chi connectivity index (χ2n) is 4.83. The van der Waals surface area contributed by atoms with E-state index >= 15 is 0 Å². The number of aliphatic carboxylic acids is 1. The quantitative estimate of drug-likeness (QED) is 0.754. The summed E-state index contributed by atoms with van der Waals surface area (Å²) >= 11 is 0. The first kappa shape index (κ1) is 12.5. The van der Waals surface area contributed by atoms with Gasteiger partial charge in [0.2, 0.25) is 0 Å². The summed E-state index contributed by atoms with van der Waals surface area (Å²) in [6, 6.07) is 0. The van der Waals surface area contributed by atoms with Gasteiger partial charge in [0.15, 0.2) is 0 Å². The molecule has 0 amide bonds. The molecule has 0 aliphatic carbocycles.